The molecule has 0 unspecified atom stereocenters. The number of esters is 1. The summed E-state index contributed by atoms with van der Waals surface area (Å²) >= 11 is 0. The first kappa shape index (κ1) is 12.8. The summed E-state index contributed by atoms with van der Waals surface area (Å²) in [7, 11) is 3.14. The van der Waals surface area contributed by atoms with E-state index in [4.69, 9.17) is 11.0 Å². The van der Waals surface area contributed by atoms with Gasteiger partial charge in [-0.3, -0.25) is 0 Å². The van der Waals surface area contributed by atoms with Crippen molar-refractivity contribution >= 4 is 17.3 Å². The molecule has 0 aliphatic heterocycles. The van der Waals surface area contributed by atoms with Gasteiger partial charge in [0, 0.05) is 13.6 Å². The highest BCUT2D eigenvalue weighted by atomic mass is 16.5. The van der Waals surface area contributed by atoms with E-state index in [-0.39, 0.29) is 0 Å². The van der Waals surface area contributed by atoms with Crippen molar-refractivity contribution in [3.05, 3.63) is 23.8 Å². The van der Waals surface area contributed by atoms with E-state index in [0.29, 0.717) is 24.2 Å². The zero-order chi connectivity index (χ0) is 12.8. The number of carbonyl (C=O) groups excluding carboxylic acids is 1. The molecule has 90 valence electrons. The molecular weight excluding hydrogens is 218 g/mol. The number of hydrogen-bond acceptors (Lipinski definition) is 5. The summed E-state index contributed by atoms with van der Waals surface area (Å²) in [6.45, 7) is 0.561. The van der Waals surface area contributed by atoms with Crippen LogP contribution in [0.15, 0.2) is 18.2 Å². The van der Waals surface area contributed by atoms with Gasteiger partial charge in [-0.2, -0.15) is 5.26 Å². The van der Waals surface area contributed by atoms with Crippen molar-refractivity contribution in [2.75, 3.05) is 31.3 Å². The van der Waals surface area contributed by atoms with Gasteiger partial charge in [0.25, 0.3) is 0 Å². The van der Waals surface area contributed by atoms with Gasteiger partial charge in [-0.25, -0.2) is 4.79 Å². The number of nitrogens with two attached hydrogens (primary N) is 1. The second-order valence-electron chi connectivity index (χ2n) is 3.56. The number of hydrogen-bond donors (Lipinski definition) is 1. The van der Waals surface area contributed by atoms with E-state index in [9.17, 15) is 4.79 Å². The fourth-order valence-corrected chi connectivity index (χ4v) is 1.51. The molecule has 0 aliphatic carbocycles. The third-order valence-electron chi connectivity index (χ3n) is 2.46. The lowest BCUT2D eigenvalue weighted by molar-refractivity contribution is 0.0602. The second-order valence-corrected chi connectivity index (χ2v) is 3.56. The van der Waals surface area contributed by atoms with Gasteiger partial charge >= 0.3 is 5.97 Å². The minimum atomic E-state index is -0.460. The number of methoxy groups -OCH3 is 1. The van der Waals surface area contributed by atoms with Crippen LogP contribution >= 0.6 is 0 Å². The maximum Gasteiger partial charge on any atom is 0.340 e. The van der Waals surface area contributed by atoms with E-state index in [0.717, 1.165) is 5.69 Å². The van der Waals surface area contributed by atoms with Crippen LogP contribution in [0.4, 0.5) is 11.4 Å². The van der Waals surface area contributed by atoms with Crippen LogP contribution < -0.4 is 10.6 Å². The van der Waals surface area contributed by atoms with E-state index in [1.807, 2.05) is 11.9 Å². The van der Waals surface area contributed by atoms with Crippen LogP contribution in [0.5, 0.6) is 0 Å². The number of carbonyl (C=O) groups is 1. The number of benzene rings is 1. The molecule has 0 aliphatic rings. The predicted molar refractivity (Wildman–Crippen MR) is 65.7 cm³/mol. The summed E-state index contributed by atoms with van der Waals surface area (Å²) in [4.78, 5) is 13.3. The quantitative estimate of drug-likeness (QED) is 0.628. The lowest BCUT2D eigenvalue weighted by atomic mass is 10.1. The SMILES string of the molecule is COC(=O)c1cccc(N(C)CCC#N)c1N. The molecule has 1 aromatic carbocycles. The largest absolute Gasteiger partial charge is 0.465 e. The average molecular weight is 233 g/mol. The molecule has 1 aromatic rings. The maximum atomic E-state index is 11.5. The molecule has 0 saturated carbocycles. The number of nitriles is 1. The molecule has 5 nitrogen and oxygen atoms in total. The molecule has 0 spiro atoms. The van der Waals surface area contributed by atoms with E-state index in [1.165, 1.54) is 7.11 Å². The topological polar surface area (TPSA) is 79.3 Å². The number of para-hydroxylation sites is 1. The van der Waals surface area contributed by atoms with Crippen molar-refractivity contribution in [2.24, 2.45) is 0 Å². The number of anilines is 2. The van der Waals surface area contributed by atoms with Crippen LogP contribution in [0, 0.1) is 11.3 Å². The number of nitrogens with zero attached hydrogens (tertiary/aromatic N) is 2. The van der Waals surface area contributed by atoms with E-state index >= 15 is 0 Å². The molecule has 0 fully saturated rings. The van der Waals surface area contributed by atoms with Crippen molar-refractivity contribution < 1.29 is 9.53 Å². The molecular formula is C12H15N3O2. The van der Waals surface area contributed by atoms with Crippen molar-refractivity contribution in [3.63, 3.8) is 0 Å². The first-order chi connectivity index (χ1) is 8.11. The molecule has 5 heteroatoms. The summed E-state index contributed by atoms with van der Waals surface area (Å²) in [5.74, 6) is -0.460. The zero-order valence-corrected chi connectivity index (χ0v) is 9.93. The van der Waals surface area contributed by atoms with Crippen molar-refractivity contribution in [1.82, 2.24) is 0 Å². The lowest BCUT2D eigenvalue weighted by Crippen LogP contribution is -2.20. The van der Waals surface area contributed by atoms with Crippen LogP contribution in [0.1, 0.15) is 16.8 Å². The predicted octanol–water partition coefficient (Wildman–Crippen LogP) is 1.41. The third kappa shape index (κ3) is 2.88. The van der Waals surface area contributed by atoms with Gasteiger partial charge in [0.2, 0.25) is 0 Å². The third-order valence-corrected chi connectivity index (χ3v) is 2.46. The van der Waals surface area contributed by atoms with Gasteiger partial charge in [-0.05, 0) is 12.1 Å². The van der Waals surface area contributed by atoms with Gasteiger partial charge < -0.3 is 15.4 Å². The highest BCUT2D eigenvalue weighted by Crippen LogP contribution is 2.26. The van der Waals surface area contributed by atoms with E-state index < -0.39 is 5.97 Å². The first-order valence-electron chi connectivity index (χ1n) is 5.16. The highest BCUT2D eigenvalue weighted by molar-refractivity contribution is 5.98. The van der Waals surface area contributed by atoms with Crippen molar-refractivity contribution in [2.45, 2.75) is 6.42 Å². The molecule has 0 heterocycles. The Balaban J connectivity index is 3.02. The Morgan fingerprint density at radius 3 is 2.88 bits per heavy atom. The zero-order valence-electron chi connectivity index (χ0n) is 9.93. The Kier molecular flexibility index (Phi) is 4.35. The number of rotatable bonds is 4. The molecule has 1 rings (SSSR count). The molecule has 0 amide bonds. The van der Waals surface area contributed by atoms with E-state index in [1.54, 1.807) is 18.2 Å². The number of ether oxygens (including phenoxy) is 1. The maximum absolute atomic E-state index is 11.5. The minimum Gasteiger partial charge on any atom is -0.465 e. The van der Waals surface area contributed by atoms with Gasteiger partial charge in [0.1, 0.15) is 0 Å². The van der Waals surface area contributed by atoms with Crippen LogP contribution in [0.25, 0.3) is 0 Å². The van der Waals surface area contributed by atoms with Crippen LogP contribution in [-0.2, 0) is 4.74 Å². The summed E-state index contributed by atoms with van der Waals surface area (Å²) < 4.78 is 4.64. The Morgan fingerprint density at radius 1 is 1.59 bits per heavy atom. The fourth-order valence-electron chi connectivity index (χ4n) is 1.51. The summed E-state index contributed by atoms with van der Waals surface area (Å²) in [5, 5.41) is 8.53. The Bertz CT molecular complexity index is 452. The smallest absolute Gasteiger partial charge is 0.340 e. The van der Waals surface area contributed by atoms with E-state index in [2.05, 4.69) is 10.8 Å². The van der Waals surface area contributed by atoms with Gasteiger partial charge in [-0.1, -0.05) is 6.07 Å². The molecule has 0 radical (unpaired) electrons. The fraction of sp³-hybridized carbons (Fsp3) is 0.333. The Morgan fingerprint density at radius 2 is 2.29 bits per heavy atom. The Hall–Kier alpha value is -2.22. The second kappa shape index (κ2) is 5.75. The van der Waals surface area contributed by atoms with Crippen LogP contribution in [-0.4, -0.2) is 26.7 Å². The van der Waals surface area contributed by atoms with Gasteiger partial charge in [-0.15, -0.1) is 0 Å². The molecule has 2 N–H and O–H groups in total. The van der Waals surface area contributed by atoms with Crippen LogP contribution in [0.3, 0.4) is 0 Å². The van der Waals surface area contributed by atoms with Gasteiger partial charge in [0.15, 0.2) is 0 Å². The molecule has 0 atom stereocenters. The standard InChI is InChI=1S/C12H15N3O2/c1-15(8-4-7-13)10-6-3-5-9(11(10)14)12(16)17-2/h3,5-6H,4,8,14H2,1-2H3. The summed E-state index contributed by atoms with van der Waals surface area (Å²) in [6, 6.07) is 7.22. The average Bonchev–Trinajstić information content (AvgIpc) is 2.35. The number of nitrogen functional groups attached to an aromatic ring is 1. The lowest BCUT2D eigenvalue weighted by Gasteiger charge is -2.20. The molecule has 0 aromatic heterocycles. The summed E-state index contributed by atoms with van der Waals surface area (Å²) in [6.07, 6.45) is 0.401. The molecule has 17 heavy (non-hydrogen) atoms. The molecule has 0 bridgehead atoms. The summed E-state index contributed by atoms with van der Waals surface area (Å²) in [5.41, 5.74) is 7.35. The molecule has 0 saturated heterocycles. The van der Waals surface area contributed by atoms with Gasteiger partial charge in [0.05, 0.1) is 36.5 Å². The Labute approximate surface area is 100 Å². The van der Waals surface area contributed by atoms with Crippen LogP contribution in [0.2, 0.25) is 0 Å². The van der Waals surface area contributed by atoms with Crippen molar-refractivity contribution in [3.8, 4) is 6.07 Å². The van der Waals surface area contributed by atoms with Crippen molar-refractivity contribution in [1.29, 1.82) is 5.26 Å². The monoisotopic (exact) mass is 233 g/mol. The minimum absolute atomic E-state index is 0.341. The first-order valence-corrected chi connectivity index (χ1v) is 5.16. The normalized spacial score (nSPS) is 9.47. The highest BCUT2D eigenvalue weighted by Gasteiger charge is 2.14.